The molecule has 11 heteroatoms. The lowest BCUT2D eigenvalue weighted by atomic mass is 9.99. The number of rotatable bonds is 4. The van der Waals surface area contributed by atoms with Crippen LogP contribution >= 0.6 is 0 Å². The van der Waals surface area contributed by atoms with Crippen molar-refractivity contribution in [3.8, 4) is 34.3 Å². The van der Waals surface area contributed by atoms with Gasteiger partial charge in [0.1, 0.15) is 52.6 Å². The molecule has 0 saturated carbocycles. The molecule has 1 aliphatic rings. The summed E-state index contributed by atoms with van der Waals surface area (Å²) in [6.45, 7) is -0.706. The molecular formula is C21H20O11. The highest BCUT2D eigenvalue weighted by atomic mass is 16.7. The van der Waals surface area contributed by atoms with Gasteiger partial charge in [-0.15, -0.1) is 0 Å². The Labute approximate surface area is 179 Å². The van der Waals surface area contributed by atoms with Gasteiger partial charge in [-0.3, -0.25) is 4.79 Å². The lowest BCUT2D eigenvalue weighted by Crippen LogP contribution is -2.60. The van der Waals surface area contributed by atoms with Crippen molar-refractivity contribution in [1.29, 1.82) is 0 Å². The van der Waals surface area contributed by atoms with E-state index in [-0.39, 0.29) is 33.8 Å². The summed E-state index contributed by atoms with van der Waals surface area (Å²) in [5, 5.41) is 68.8. The summed E-state index contributed by atoms with van der Waals surface area (Å²) in [5.74, 6) is -1.73. The first-order chi connectivity index (χ1) is 15.2. The van der Waals surface area contributed by atoms with E-state index in [1.54, 1.807) is 0 Å². The topological polar surface area (TPSA) is 190 Å². The van der Waals surface area contributed by atoms with Crippen molar-refractivity contribution in [2.24, 2.45) is 0 Å². The van der Waals surface area contributed by atoms with Gasteiger partial charge < -0.3 is 49.6 Å². The Morgan fingerprint density at radius 3 is 2.25 bits per heavy atom. The number of ether oxygens (including phenoxy) is 2. The lowest BCUT2D eigenvalue weighted by Gasteiger charge is -2.39. The Morgan fingerprint density at radius 1 is 0.906 bits per heavy atom. The number of aliphatic hydroxyl groups is 4. The molecule has 1 fully saturated rings. The first-order valence-electron chi connectivity index (χ1n) is 9.50. The van der Waals surface area contributed by atoms with Crippen molar-refractivity contribution < 1.29 is 49.6 Å². The molecule has 1 saturated heterocycles. The normalized spacial score (nSPS) is 25.7. The molecule has 5 atom stereocenters. The Kier molecular flexibility index (Phi) is 5.67. The Hall–Kier alpha value is -3.35. The largest absolute Gasteiger partial charge is 0.508 e. The van der Waals surface area contributed by atoms with Gasteiger partial charge in [0, 0.05) is 17.7 Å². The monoisotopic (exact) mass is 448 g/mol. The van der Waals surface area contributed by atoms with E-state index in [1.807, 2.05) is 0 Å². The van der Waals surface area contributed by atoms with Crippen LogP contribution in [0.25, 0.3) is 22.3 Å². The molecule has 0 unspecified atom stereocenters. The predicted octanol–water partition coefficient (Wildman–Crippen LogP) is -0.244. The van der Waals surface area contributed by atoms with Crippen LogP contribution < -0.4 is 10.2 Å². The molecule has 32 heavy (non-hydrogen) atoms. The summed E-state index contributed by atoms with van der Waals surface area (Å²) < 4.78 is 16.6. The van der Waals surface area contributed by atoms with Crippen molar-refractivity contribution in [3.63, 3.8) is 0 Å². The zero-order chi connectivity index (χ0) is 23.2. The third-order valence-corrected chi connectivity index (χ3v) is 5.13. The molecule has 11 nitrogen and oxygen atoms in total. The molecule has 1 aliphatic heterocycles. The molecule has 0 amide bonds. The summed E-state index contributed by atoms with van der Waals surface area (Å²) in [4.78, 5) is 13.2. The number of benzene rings is 2. The van der Waals surface area contributed by atoms with E-state index in [2.05, 4.69) is 0 Å². The van der Waals surface area contributed by atoms with E-state index in [1.165, 1.54) is 24.3 Å². The van der Waals surface area contributed by atoms with Gasteiger partial charge in [0.15, 0.2) is 5.76 Å². The summed E-state index contributed by atoms with van der Waals surface area (Å²) in [6.07, 6.45) is -8.16. The number of hydrogen-bond donors (Lipinski definition) is 7. The number of hydrogen-bond acceptors (Lipinski definition) is 11. The van der Waals surface area contributed by atoms with E-state index in [9.17, 15) is 40.5 Å². The van der Waals surface area contributed by atoms with Crippen LogP contribution in [0.3, 0.4) is 0 Å². The van der Waals surface area contributed by atoms with Crippen molar-refractivity contribution in [2.75, 3.05) is 6.61 Å². The van der Waals surface area contributed by atoms with Crippen LogP contribution in [0.5, 0.6) is 23.0 Å². The first kappa shape index (κ1) is 21.9. The van der Waals surface area contributed by atoms with Crippen LogP contribution in [0.4, 0.5) is 0 Å². The van der Waals surface area contributed by atoms with Gasteiger partial charge in [-0.05, 0) is 24.3 Å². The molecule has 4 rings (SSSR count). The SMILES string of the molecule is O=c1c(O[C@H]2O[C@H](CO)[C@@H](O)[C@@H](O)[C@@H]2O)c(-c2ccc(O)cc2)oc2cc(O)cc(O)c12. The number of aliphatic hydroxyl groups excluding tert-OH is 4. The minimum absolute atomic E-state index is 0.0661. The molecule has 2 aromatic carbocycles. The van der Waals surface area contributed by atoms with Gasteiger partial charge >= 0.3 is 0 Å². The summed E-state index contributed by atoms with van der Waals surface area (Å²) in [7, 11) is 0. The smallest absolute Gasteiger partial charge is 0.239 e. The van der Waals surface area contributed by atoms with Crippen LogP contribution in [-0.4, -0.2) is 73.1 Å². The first-order valence-corrected chi connectivity index (χ1v) is 9.50. The van der Waals surface area contributed by atoms with Gasteiger partial charge in [0.05, 0.1) is 6.61 Å². The maximum atomic E-state index is 13.2. The van der Waals surface area contributed by atoms with Crippen molar-refractivity contribution in [2.45, 2.75) is 30.7 Å². The Bertz CT molecular complexity index is 1190. The van der Waals surface area contributed by atoms with Gasteiger partial charge in [0.25, 0.3) is 0 Å². The van der Waals surface area contributed by atoms with Gasteiger partial charge in [-0.25, -0.2) is 0 Å². The van der Waals surface area contributed by atoms with E-state index >= 15 is 0 Å². The molecule has 0 bridgehead atoms. The van der Waals surface area contributed by atoms with E-state index in [0.29, 0.717) is 0 Å². The molecule has 0 radical (unpaired) electrons. The van der Waals surface area contributed by atoms with E-state index < -0.39 is 54.2 Å². The molecule has 7 N–H and O–H groups in total. The number of phenolic OH excluding ortho intramolecular Hbond substituents is 3. The molecule has 170 valence electrons. The Balaban J connectivity index is 1.89. The molecule has 0 spiro atoms. The zero-order valence-corrected chi connectivity index (χ0v) is 16.3. The van der Waals surface area contributed by atoms with Crippen LogP contribution in [0.15, 0.2) is 45.6 Å². The highest BCUT2D eigenvalue weighted by Crippen LogP contribution is 2.37. The predicted molar refractivity (Wildman–Crippen MR) is 107 cm³/mol. The second-order valence-electron chi connectivity index (χ2n) is 7.29. The number of fused-ring (bicyclic) bond motifs is 1. The lowest BCUT2D eigenvalue weighted by molar-refractivity contribution is -0.277. The molecule has 2 heterocycles. The van der Waals surface area contributed by atoms with Gasteiger partial charge in [0.2, 0.25) is 17.5 Å². The highest BCUT2D eigenvalue weighted by molar-refractivity contribution is 5.88. The van der Waals surface area contributed by atoms with Crippen molar-refractivity contribution in [3.05, 3.63) is 46.6 Å². The summed E-state index contributed by atoms with van der Waals surface area (Å²) >= 11 is 0. The fraction of sp³-hybridized carbons (Fsp3) is 0.286. The second-order valence-corrected chi connectivity index (χ2v) is 7.29. The average Bonchev–Trinajstić information content (AvgIpc) is 2.75. The standard InChI is InChI=1S/C21H20O11/c22-7-13-15(26)17(28)18(29)21(31-13)32-20-16(27)14-11(25)5-10(24)6-12(14)30-19(20)8-1-3-9(23)4-2-8/h1-6,13,15,17-18,21-26,28-29H,7H2/t13-,15-,17-,18+,21-/m1/s1. The number of aromatic hydroxyl groups is 3. The van der Waals surface area contributed by atoms with Gasteiger partial charge in [-0.1, -0.05) is 0 Å². The third kappa shape index (κ3) is 3.72. The van der Waals surface area contributed by atoms with Crippen molar-refractivity contribution in [1.82, 2.24) is 0 Å². The maximum absolute atomic E-state index is 13.2. The minimum atomic E-state index is -1.80. The van der Waals surface area contributed by atoms with E-state index in [4.69, 9.17) is 13.9 Å². The van der Waals surface area contributed by atoms with Crippen LogP contribution in [0.2, 0.25) is 0 Å². The minimum Gasteiger partial charge on any atom is -0.508 e. The number of phenols is 3. The second kappa shape index (κ2) is 8.30. The third-order valence-electron chi connectivity index (χ3n) is 5.13. The molecular weight excluding hydrogens is 428 g/mol. The van der Waals surface area contributed by atoms with Gasteiger partial charge in [-0.2, -0.15) is 0 Å². The van der Waals surface area contributed by atoms with Crippen LogP contribution in [0, 0.1) is 0 Å². The zero-order valence-electron chi connectivity index (χ0n) is 16.3. The quantitative estimate of drug-likeness (QED) is 0.279. The fourth-order valence-electron chi connectivity index (χ4n) is 3.46. The van der Waals surface area contributed by atoms with Crippen LogP contribution in [-0.2, 0) is 4.74 Å². The summed E-state index contributed by atoms with van der Waals surface area (Å²) in [5.41, 5.74) is -0.801. The highest BCUT2D eigenvalue weighted by Gasteiger charge is 2.45. The molecule has 0 aliphatic carbocycles. The van der Waals surface area contributed by atoms with Crippen LogP contribution in [0.1, 0.15) is 0 Å². The summed E-state index contributed by atoms with van der Waals surface area (Å²) in [6, 6.07) is 7.48. The average molecular weight is 448 g/mol. The Morgan fingerprint density at radius 2 is 1.59 bits per heavy atom. The van der Waals surface area contributed by atoms with E-state index in [0.717, 1.165) is 12.1 Å². The molecule has 1 aromatic heterocycles. The maximum Gasteiger partial charge on any atom is 0.239 e. The van der Waals surface area contributed by atoms with Crippen molar-refractivity contribution >= 4 is 11.0 Å². The fourth-order valence-corrected chi connectivity index (χ4v) is 3.46. The molecule has 3 aromatic rings.